The average Bonchev–Trinajstić information content (AvgIpc) is 3.02. The van der Waals surface area contributed by atoms with Gasteiger partial charge in [-0.05, 0) is 36.3 Å². The summed E-state index contributed by atoms with van der Waals surface area (Å²) in [7, 11) is 1.53. The molecule has 30 heavy (non-hydrogen) atoms. The quantitative estimate of drug-likeness (QED) is 0.616. The lowest BCUT2D eigenvalue weighted by Crippen LogP contribution is -2.34. The summed E-state index contributed by atoms with van der Waals surface area (Å²) in [4.78, 5) is 15.9. The van der Waals surface area contributed by atoms with Crippen molar-refractivity contribution >= 4 is 17.7 Å². The maximum absolute atomic E-state index is 12.2. The highest BCUT2D eigenvalue weighted by Gasteiger charge is 2.26. The van der Waals surface area contributed by atoms with Gasteiger partial charge in [-0.1, -0.05) is 26.0 Å². The summed E-state index contributed by atoms with van der Waals surface area (Å²) in [6.45, 7) is 8.00. The zero-order valence-electron chi connectivity index (χ0n) is 18.4. The number of amides is 1. The second-order valence-electron chi connectivity index (χ2n) is 8.18. The fraction of sp³-hybridized carbons (Fsp3) is 0.591. The summed E-state index contributed by atoms with van der Waals surface area (Å²) in [5.74, 6) is 2.16. The first-order valence-corrected chi connectivity index (χ1v) is 11.8. The van der Waals surface area contributed by atoms with Crippen molar-refractivity contribution < 1.29 is 9.53 Å². The Morgan fingerprint density at radius 2 is 1.97 bits per heavy atom. The van der Waals surface area contributed by atoms with E-state index in [-0.39, 0.29) is 18.6 Å². The molecule has 7 nitrogen and oxygen atoms in total. The van der Waals surface area contributed by atoms with E-state index in [9.17, 15) is 4.79 Å². The minimum absolute atomic E-state index is 0.0543. The Hall–Kier alpha value is -1.90. The number of carbonyl (C=O) groups is 1. The van der Waals surface area contributed by atoms with Gasteiger partial charge in [-0.2, -0.15) is 0 Å². The molecule has 0 saturated heterocycles. The molecule has 0 aliphatic carbocycles. The van der Waals surface area contributed by atoms with Gasteiger partial charge in [-0.15, -0.1) is 22.0 Å². The van der Waals surface area contributed by atoms with Crippen LogP contribution in [0.2, 0.25) is 0 Å². The van der Waals surface area contributed by atoms with Crippen molar-refractivity contribution in [1.82, 2.24) is 25.0 Å². The lowest BCUT2D eigenvalue weighted by Gasteiger charge is -2.22. The molecule has 3 rings (SSSR count). The second kappa shape index (κ2) is 10.9. The maximum atomic E-state index is 12.2. The number of hydrogen-bond donors (Lipinski definition) is 1. The summed E-state index contributed by atoms with van der Waals surface area (Å²) in [5.41, 5.74) is 1.33. The largest absolute Gasteiger partial charge is 0.375 e. The number of methoxy groups -OCH3 is 1. The topological polar surface area (TPSA) is 72.3 Å². The molecule has 164 valence electrons. The molecule has 1 aliphatic heterocycles. The number of fused-ring (bicyclic) bond motifs is 1. The first-order valence-electron chi connectivity index (χ1n) is 10.6. The Kier molecular flexibility index (Phi) is 8.30. The number of nitrogens with one attached hydrogen (secondary N) is 1. The number of thioether (sulfide) groups is 1. The zero-order chi connectivity index (χ0) is 21.5. The third-order valence-electron chi connectivity index (χ3n) is 5.34. The molecule has 1 amide bonds. The molecule has 1 aliphatic rings. The van der Waals surface area contributed by atoms with Gasteiger partial charge in [-0.3, -0.25) is 9.69 Å². The number of benzene rings is 1. The zero-order valence-corrected chi connectivity index (χ0v) is 19.2. The summed E-state index contributed by atoms with van der Waals surface area (Å²) in [6.07, 6.45) is 3.77. The fourth-order valence-corrected chi connectivity index (χ4v) is 4.27. The molecule has 0 fully saturated rings. The Morgan fingerprint density at radius 1 is 1.20 bits per heavy atom. The maximum Gasteiger partial charge on any atom is 0.246 e. The molecule has 2 heterocycles. The van der Waals surface area contributed by atoms with Crippen LogP contribution in [0.1, 0.15) is 43.5 Å². The van der Waals surface area contributed by atoms with Crippen molar-refractivity contribution in [2.45, 2.75) is 50.7 Å². The highest BCUT2D eigenvalue weighted by atomic mass is 32.2. The second-order valence-corrected chi connectivity index (χ2v) is 9.06. The van der Waals surface area contributed by atoms with Gasteiger partial charge in [0.2, 0.25) is 5.91 Å². The molecule has 0 radical (unpaired) electrons. The van der Waals surface area contributed by atoms with E-state index in [4.69, 9.17) is 4.74 Å². The summed E-state index contributed by atoms with van der Waals surface area (Å²) >= 11 is 1.77. The van der Waals surface area contributed by atoms with E-state index in [0.717, 1.165) is 50.7 Å². The Morgan fingerprint density at radius 3 is 2.63 bits per heavy atom. The molecular weight excluding hydrogens is 398 g/mol. The Labute approximate surface area is 183 Å². The standard InChI is InChI=1S/C22H33N5O2S/c1-16(2)13-19(23-21(28)15-29-3)22-25-24-20-9-10-26(11-12-27(20)22)14-17-5-7-18(30-4)8-6-17/h5-8,16,19H,9-15H2,1-4H3,(H,23,28)/t19-/m1/s1. The first kappa shape index (κ1) is 22.8. The predicted octanol–water partition coefficient (Wildman–Crippen LogP) is 2.91. The van der Waals surface area contributed by atoms with E-state index >= 15 is 0 Å². The summed E-state index contributed by atoms with van der Waals surface area (Å²) < 4.78 is 7.19. The molecule has 0 spiro atoms. The van der Waals surface area contributed by atoms with Gasteiger partial charge in [-0.25, -0.2) is 0 Å². The smallest absolute Gasteiger partial charge is 0.246 e. The van der Waals surface area contributed by atoms with Crippen LogP contribution in [-0.4, -0.2) is 58.6 Å². The highest BCUT2D eigenvalue weighted by molar-refractivity contribution is 7.98. The van der Waals surface area contributed by atoms with Crippen molar-refractivity contribution in [3.8, 4) is 0 Å². The Bertz CT molecular complexity index is 821. The molecular formula is C22H33N5O2S. The molecule has 1 aromatic carbocycles. The van der Waals surface area contributed by atoms with E-state index in [1.54, 1.807) is 11.8 Å². The number of nitrogens with zero attached hydrogens (tertiary/aromatic N) is 4. The predicted molar refractivity (Wildman–Crippen MR) is 119 cm³/mol. The van der Waals surface area contributed by atoms with E-state index in [0.29, 0.717) is 5.92 Å². The van der Waals surface area contributed by atoms with Gasteiger partial charge < -0.3 is 14.6 Å². The third kappa shape index (κ3) is 6.06. The number of rotatable bonds is 9. The highest BCUT2D eigenvalue weighted by Crippen LogP contribution is 2.23. The Balaban J connectivity index is 1.69. The van der Waals surface area contributed by atoms with Gasteiger partial charge >= 0.3 is 0 Å². The minimum Gasteiger partial charge on any atom is -0.375 e. The molecule has 1 aromatic heterocycles. The monoisotopic (exact) mass is 431 g/mol. The van der Waals surface area contributed by atoms with Crippen molar-refractivity contribution in [3.05, 3.63) is 41.5 Å². The van der Waals surface area contributed by atoms with Gasteiger partial charge in [0.05, 0.1) is 6.04 Å². The van der Waals surface area contributed by atoms with Crippen LogP contribution in [-0.2, 0) is 29.0 Å². The lowest BCUT2D eigenvalue weighted by molar-refractivity contribution is -0.125. The van der Waals surface area contributed by atoms with E-state index in [2.05, 4.69) is 69.3 Å². The van der Waals surface area contributed by atoms with Crippen molar-refractivity contribution in [2.75, 3.05) is 33.1 Å². The SMILES string of the molecule is COCC(=O)N[C@H](CC(C)C)c1nnc2n1CCN(Cc1ccc(SC)cc1)CC2. The molecule has 1 atom stereocenters. The van der Waals surface area contributed by atoms with E-state index in [1.165, 1.54) is 17.6 Å². The number of hydrogen-bond acceptors (Lipinski definition) is 6. The van der Waals surface area contributed by atoms with E-state index < -0.39 is 0 Å². The normalized spacial score (nSPS) is 15.6. The van der Waals surface area contributed by atoms with Crippen molar-refractivity contribution in [3.63, 3.8) is 0 Å². The minimum atomic E-state index is -0.153. The molecule has 1 N–H and O–H groups in total. The molecule has 0 saturated carbocycles. The molecule has 2 aromatic rings. The molecule has 0 bridgehead atoms. The van der Waals surface area contributed by atoms with Crippen LogP contribution >= 0.6 is 11.8 Å². The van der Waals surface area contributed by atoms with Crippen LogP contribution in [0.5, 0.6) is 0 Å². The van der Waals surface area contributed by atoms with Crippen molar-refractivity contribution in [1.29, 1.82) is 0 Å². The molecule has 0 unspecified atom stereocenters. The van der Waals surface area contributed by atoms with Crippen LogP contribution in [0.25, 0.3) is 0 Å². The summed E-state index contributed by atoms with van der Waals surface area (Å²) in [6, 6.07) is 8.65. The van der Waals surface area contributed by atoms with Crippen LogP contribution in [0.15, 0.2) is 29.2 Å². The molecule has 8 heteroatoms. The number of ether oxygens (including phenoxy) is 1. The number of aromatic nitrogens is 3. The van der Waals surface area contributed by atoms with Crippen LogP contribution in [0.4, 0.5) is 0 Å². The number of carbonyl (C=O) groups excluding carboxylic acids is 1. The summed E-state index contributed by atoms with van der Waals surface area (Å²) in [5, 5.41) is 12.0. The average molecular weight is 432 g/mol. The van der Waals surface area contributed by atoms with Gasteiger partial charge in [0, 0.05) is 44.6 Å². The fourth-order valence-electron chi connectivity index (χ4n) is 3.86. The van der Waals surface area contributed by atoms with Gasteiger partial charge in [0.25, 0.3) is 0 Å². The van der Waals surface area contributed by atoms with Gasteiger partial charge in [0.1, 0.15) is 12.4 Å². The lowest BCUT2D eigenvalue weighted by atomic mass is 10.0. The van der Waals surface area contributed by atoms with Crippen LogP contribution in [0, 0.1) is 5.92 Å². The van der Waals surface area contributed by atoms with Crippen LogP contribution < -0.4 is 5.32 Å². The van der Waals surface area contributed by atoms with Gasteiger partial charge in [0.15, 0.2) is 5.82 Å². The van der Waals surface area contributed by atoms with Crippen LogP contribution in [0.3, 0.4) is 0 Å². The third-order valence-corrected chi connectivity index (χ3v) is 6.09. The van der Waals surface area contributed by atoms with E-state index in [1.807, 2.05) is 0 Å². The first-order chi connectivity index (χ1) is 14.5. The van der Waals surface area contributed by atoms with Crippen molar-refractivity contribution in [2.24, 2.45) is 5.92 Å².